The molecule has 2 amide bonds. The molecule has 0 spiro atoms. The zero-order valence-corrected chi connectivity index (χ0v) is 14.7. The lowest BCUT2D eigenvalue weighted by molar-refractivity contribution is -0.137. The number of H-pyrrole nitrogens is 1. The van der Waals surface area contributed by atoms with Crippen LogP contribution in [0.4, 0.5) is 0 Å². The first-order valence-corrected chi connectivity index (χ1v) is 8.43. The number of methoxy groups -OCH3 is 1. The number of hydrogen-bond donors (Lipinski definition) is 1. The molecule has 0 unspecified atom stereocenters. The van der Waals surface area contributed by atoms with Gasteiger partial charge in [-0.3, -0.25) is 14.5 Å². The second kappa shape index (κ2) is 6.35. The lowest BCUT2D eigenvalue weighted by Gasteiger charge is -2.15. The van der Waals surface area contributed by atoms with E-state index in [1.54, 1.807) is 25.4 Å². The van der Waals surface area contributed by atoms with Gasteiger partial charge in [-0.15, -0.1) is 0 Å². The number of aromatic amines is 1. The molecule has 2 aromatic carbocycles. The molecule has 0 saturated carbocycles. The van der Waals surface area contributed by atoms with Gasteiger partial charge in [-0.25, -0.2) is 0 Å². The third kappa shape index (κ3) is 2.57. The summed E-state index contributed by atoms with van der Waals surface area (Å²) in [5, 5.41) is 0.807. The van der Waals surface area contributed by atoms with Crippen LogP contribution in [0.5, 0.6) is 5.75 Å². The highest BCUT2D eigenvalue weighted by Crippen LogP contribution is 2.36. The van der Waals surface area contributed by atoms with Crippen LogP contribution in [0, 0.1) is 0 Å². The van der Waals surface area contributed by atoms with Crippen molar-refractivity contribution < 1.29 is 14.3 Å². The maximum Gasteiger partial charge on any atom is 0.273 e. The Morgan fingerprint density at radius 2 is 1.77 bits per heavy atom. The smallest absolute Gasteiger partial charge is 0.273 e. The molecule has 3 aromatic rings. The van der Waals surface area contributed by atoms with Crippen LogP contribution in [0.2, 0.25) is 0 Å². The van der Waals surface area contributed by atoms with Crippen molar-refractivity contribution in [3.63, 3.8) is 0 Å². The minimum absolute atomic E-state index is 0.0479. The zero-order valence-electron chi connectivity index (χ0n) is 14.0. The topological polar surface area (TPSA) is 62.4 Å². The second-order valence-electron chi connectivity index (χ2n) is 5.98. The Hall–Kier alpha value is -3.05. The highest BCUT2D eigenvalue weighted by molar-refractivity contribution is 6.55. The fraction of sp³-hybridized carbons (Fsp3) is 0.100. The van der Waals surface area contributed by atoms with Gasteiger partial charge < -0.3 is 9.72 Å². The highest BCUT2D eigenvalue weighted by atomic mass is 35.5. The Kier molecular flexibility index (Phi) is 4.01. The van der Waals surface area contributed by atoms with Crippen molar-refractivity contribution in [2.24, 2.45) is 0 Å². The molecule has 1 N–H and O–H groups in total. The summed E-state index contributed by atoms with van der Waals surface area (Å²) >= 11 is 6.26. The molecule has 5 nitrogen and oxygen atoms in total. The van der Waals surface area contributed by atoms with Gasteiger partial charge in [0.05, 0.1) is 19.2 Å². The molecule has 6 heteroatoms. The van der Waals surface area contributed by atoms with Crippen LogP contribution in [0.25, 0.3) is 16.5 Å². The minimum Gasteiger partial charge on any atom is -0.497 e. The molecule has 130 valence electrons. The number of imide groups is 1. The van der Waals surface area contributed by atoms with E-state index in [0.717, 1.165) is 16.5 Å². The molecule has 4 rings (SSSR count). The molecular formula is C20H15ClN2O3. The summed E-state index contributed by atoms with van der Waals surface area (Å²) in [5.41, 5.74) is 2.58. The number of nitrogens with one attached hydrogen (secondary N) is 1. The highest BCUT2D eigenvalue weighted by Gasteiger charge is 2.38. The van der Waals surface area contributed by atoms with E-state index in [1.807, 2.05) is 36.4 Å². The molecule has 0 bridgehead atoms. The van der Waals surface area contributed by atoms with Gasteiger partial charge >= 0.3 is 0 Å². The number of carbonyl (C=O) groups is 2. The Morgan fingerprint density at radius 3 is 2.50 bits per heavy atom. The molecule has 0 radical (unpaired) electrons. The Bertz CT molecular complexity index is 1050. The molecule has 2 heterocycles. The largest absolute Gasteiger partial charge is 0.497 e. The van der Waals surface area contributed by atoms with E-state index in [0.29, 0.717) is 11.3 Å². The van der Waals surface area contributed by atoms with Gasteiger partial charge in [-0.1, -0.05) is 41.9 Å². The van der Waals surface area contributed by atoms with Crippen molar-refractivity contribution in [3.05, 3.63) is 70.9 Å². The Labute approximate surface area is 154 Å². The summed E-state index contributed by atoms with van der Waals surface area (Å²) in [6.45, 7) is 0.156. The quantitative estimate of drug-likeness (QED) is 0.716. The van der Waals surface area contributed by atoms with E-state index in [-0.39, 0.29) is 23.1 Å². The molecule has 0 atom stereocenters. The Balaban J connectivity index is 1.67. The van der Waals surface area contributed by atoms with Crippen LogP contribution < -0.4 is 4.74 Å². The number of fused-ring (bicyclic) bond motifs is 1. The molecule has 0 saturated heterocycles. The maximum atomic E-state index is 12.9. The third-order valence-corrected chi connectivity index (χ3v) is 4.82. The predicted octanol–water partition coefficient (Wildman–Crippen LogP) is 3.70. The van der Waals surface area contributed by atoms with Gasteiger partial charge in [0.2, 0.25) is 0 Å². The number of aromatic nitrogens is 1. The molecule has 1 aliphatic rings. The van der Waals surface area contributed by atoms with Crippen molar-refractivity contribution in [1.29, 1.82) is 0 Å². The van der Waals surface area contributed by atoms with E-state index < -0.39 is 5.91 Å². The second-order valence-corrected chi connectivity index (χ2v) is 6.36. The molecule has 26 heavy (non-hydrogen) atoms. The number of rotatable bonds is 4. The molecule has 1 aromatic heterocycles. The number of carbonyl (C=O) groups excluding carboxylic acids is 2. The van der Waals surface area contributed by atoms with E-state index in [4.69, 9.17) is 16.3 Å². The van der Waals surface area contributed by atoms with Crippen LogP contribution >= 0.6 is 11.6 Å². The number of hydrogen-bond acceptors (Lipinski definition) is 3. The van der Waals surface area contributed by atoms with Gasteiger partial charge in [-0.2, -0.15) is 0 Å². The average Bonchev–Trinajstić information content (AvgIpc) is 3.17. The maximum absolute atomic E-state index is 12.9. The summed E-state index contributed by atoms with van der Waals surface area (Å²) < 4.78 is 5.13. The summed E-state index contributed by atoms with van der Waals surface area (Å²) in [4.78, 5) is 29.8. The van der Waals surface area contributed by atoms with Crippen molar-refractivity contribution in [3.8, 4) is 5.75 Å². The van der Waals surface area contributed by atoms with Gasteiger partial charge in [0, 0.05) is 22.7 Å². The Morgan fingerprint density at radius 1 is 1.04 bits per heavy atom. The van der Waals surface area contributed by atoms with E-state index in [9.17, 15) is 9.59 Å². The van der Waals surface area contributed by atoms with E-state index >= 15 is 0 Å². The van der Waals surface area contributed by atoms with Crippen molar-refractivity contribution >= 4 is 39.9 Å². The van der Waals surface area contributed by atoms with Gasteiger partial charge in [0.25, 0.3) is 11.8 Å². The van der Waals surface area contributed by atoms with Crippen LogP contribution in [-0.4, -0.2) is 28.8 Å². The fourth-order valence-electron chi connectivity index (χ4n) is 3.12. The van der Waals surface area contributed by atoms with E-state index in [1.165, 1.54) is 4.90 Å². The zero-order chi connectivity index (χ0) is 18.3. The lowest BCUT2D eigenvalue weighted by atomic mass is 10.1. The molecular weight excluding hydrogens is 352 g/mol. The van der Waals surface area contributed by atoms with Gasteiger partial charge in [0.1, 0.15) is 10.8 Å². The first kappa shape index (κ1) is 16.4. The molecule has 0 aliphatic carbocycles. The van der Waals surface area contributed by atoms with Crippen LogP contribution in [0.3, 0.4) is 0 Å². The summed E-state index contributed by atoms with van der Waals surface area (Å²) in [6.07, 6.45) is 1.71. The molecule has 1 aliphatic heterocycles. The van der Waals surface area contributed by atoms with Crippen molar-refractivity contribution in [2.75, 3.05) is 7.11 Å². The monoisotopic (exact) mass is 366 g/mol. The summed E-state index contributed by atoms with van der Waals surface area (Å²) in [5.74, 6) is -0.156. The molecule has 0 fully saturated rings. The first-order valence-electron chi connectivity index (χ1n) is 8.05. The summed E-state index contributed by atoms with van der Waals surface area (Å²) in [6, 6.07) is 14.8. The first-order chi connectivity index (χ1) is 12.6. The predicted molar refractivity (Wildman–Crippen MR) is 99.6 cm³/mol. The van der Waals surface area contributed by atoms with Crippen LogP contribution in [-0.2, 0) is 16.1 Å². The number of halogens is 1. The van der Waals surface area contributed by atoms with Gasteiger partial charge in [0.15, 0.2) is 0 Å². The van der Waals surface area contributed by atoms with Crippen LogP contribution in [0.1, 0.15) is 11.1 Å². The van der Waals surface area contributed by atoms with Crippen LogP contribution in [0.15, 0.2) is 59.8 Å². The van der Waals surface area contributed by atoms with Crippen molar-refractivity contribution in [2.45, 2.75) is 6.54 Å². The number of amides is 2. The lowest BCUT2D eigenvalue weighted by Crippen LogP contribution is -2.30. The average molecular weight is 367 g/mol. The normalized spacial score (nSPS) is 14.6. The fourth-order valence-corrected chi connectivity index (χ4v) is 3.40. The van der Waals surface area contributed by atoms with E-state index in [2.05, 4.69) is 4.98 Å². The van der Waals surface area contributed by atoms with Gasteiger partial charge in [-0.05, 0) is 23.8 Å². The third-order valence-electron chi connectivity index (χ3n) is 4.47. The number of para-hydroxylation sites is 1. The SMILES string of the molecule is COc1ccc(CN2C(=O)C(Cl)=C(c3c[nH]c4ccccc34)C2=O)cc1. The standard InChI is InChI=1S/C20H15ClN2O3/c1-26-13-8-6-12(7-9-13)11-23-19(24)17(18(21)20(23)25)15-10-22-16-5-3-2-4-14(15)16/h2-10,22H,11H2,1H3. The van der Waals surface area contributed by atoms with Crippen molar-refractivity contribution in [1.82, 2.24) is 9.88 Å². The number of benzene rings is 2. The number of ether oxygens (including phenoxy) is 1. The minimum atomic E-state index is -0.479. The summed E-state index contributed by atoms with van der Waals surface area (Å²) in [7, 11) is 1.58. The number of nitrogens with zero attached hydrogens (tertiary/aromatic N) is 1.